The van der Waals surface area contributed by atoms with Gasteiger partial charge in [0.1, 0.15) is 9.84 Å². The molecule has 1 amide bonds. The van der Waals surface area contributed by atoms with Gasteiger partial charge in [-0.3, -0.25) is 4.79 Å². The summed E-state index contributed by atoms with van der Waals surface area (Å²) in [4.78, 5) is 22.9. The van der Waals surface area contributed by atoms with Crippen molar-refractivity contribution in [3.8, 4) is 0 Å². The van der Waals surface area contributed by atoms with Crippen LogP contribution in [0.5, 0.6) is 0 Å². The number of hydrogen-bond acceptors (Lipinski definition) is 5. The largest absolute Gasteiger partial charge is 0.478 e. The molecule has 0 aliphatic rings. The van der Waals surface area contributed by atoms with Crippen molar-refractivity contribution < 1.29 is 23.1 Å². The van der Waals surface area contributed by atoms with Crippen LogP contribution in [0.4, 0.5) is 5.69 Å². The lowest BCUT2D eigenvalue weighted by Crippen LogP contribution is -2.37. The summed E-state index contributed by atoms with van der Waals surface area (Å²) in [6.07, 6.45) is 0.977. The number of carboxylic acid groups (broad SMARTS) is 1. The minimum Gasteiger partial charge on any atom is -0.478 e. The highest BCUT2D eigenvalue weighted by Crippen LogP contribution is 2.21. The number of nitrogens with two attached hydrogens (primary N) is 1. The summed E-state index contributed by atoms with van der Waals surface area (Å²) in [6, 6.07) is 2.85. The third-order valence-electron chi connectivity index (χ3n) is 2.61. The molecule has 0 fully saturated rings. The zero-order valence-corrected chi connectivity index (χ0v) is 12.7. The fourth-order valence-electron chi connectivity index (χ4n) is 1.50. The van der Waals surface area contributed by atoms with Crippen LogP contribution in [0, 0.1) is 0 Å². The van der Waals surface area contributed by atoms with Gasteiger partial charge in [-0.15, -0.1) is 0 Å². The Bertz CT molecular complexity index is 660. The van der Waals surface area contributed by atoms with E-state index in [1.807, 2.05) is 0 Å². The molecule has 0 aromatic heterocycles. The number of hydrogen-bond donors (Lipinski definition) is 3. The van der Waals surface area contributed by atoms with Crippen molar-refractivity contribution in [2.24, 2.45) is 5.73 Å². The fraction of sp³-hybridized carbons (Fsp3) is 0.333. The number of amides is 1. The lowest BCUT2D eigenvalue weighted by molar-refractivity contribution is -0.117. The minimum atomic E-state index is -3.23. The van der Waals surface area contributed by atoms with Gasteiger partial charge in [-0.2, -0.15) is 0 Å². The number of halogens is 1. The van der Waals surface area contributed by atoms with Gasteiger partial charge >= 0.3 is 5.97 Å². The van der Waals surface area contributed by atoms with Crippen LogP contribution in [0.25, 0.3) is 0 Å². The van der Waals surface area contributed by atoms with Crippen molar-refractivity contribution >= 4 is 39.0 Å². The molecule has 0 aliphatic heterocycles. The molecule has 116 valence electrons. The Balaban J connectivity index is 2.83. The monoisotopic (exact) mass is 334 g/mol. The average Bonchev–Trinajstić information content (AvgIpc) is 2.34. The quantitative estimate of drug-likeness (QED) is 0.704. The van der Waals surface area contributed by atoms with Crippen LogP contribution in [0.3, 0.4) is 0 Å². The molecular formula is C12H15ClN2O5S. The predicted octanol–water partition coefficient (Wildman–Crippen LogP) is 0.739. The highest BCUT2D eigenvalue weighted by Gasteiger charge is 2.19. The molecule has 0 radical (unpaired) electrons. The summed E-state index contributed by atoms with van der Waals surface area (Å²) in [5.41, 5.74) is 5.45. The van der Waals surface area contributed by atoms with Crippen molar-refractivity contribution in [1.82, 2.24) is 0 Å². The molecule has 0 heterocycles. The van der Waals surface area contributed by atoms with Crippen molar-refractivity contribution in [2.45, 2.75) is 12.5 Å². The molecule has 0 spiro atoms. The number of sulfone groups is 1. The lowest BCUT2D eigenvalue weighted by Gasteiger charge is -2.13. The first kappa shape index (κ1) is 17.4. The van der Waals surface area contributed by atoms with Gasteiger partial charge in [-0.05, 0) is 24.6 Å². The molecule has 4 N–H and O–H groups in total. The van der Waals surface area contributed by atoms with Gasteiger partial charge in [0.2, 0.25) is 5.91 Å². The SMILES string of the molecule is CS(=O)(=O)CCC(N)C(=O)Nc1cc(Cl)ccc1C(=O)O. The number of aromatic carboxylic acids is 1. The number of carboxylic acids is 1. The summed E-state index contributed by atoms with van der Waals surface area (Å²) in [5, 5.41) is 11.6. The number of nitrogens with one attached hydrogen (secondary N) is 1. The van der Waals surface area contributed by atoms with E-state index >= 15 is 0 Å². The molecule has 1 unspecified atom stereocenters. The van der Waals surface area contributed by atoms with E-state index in [1.165, 1.54) is 18.2 Å². The molecule has 1 atom stereocenters. The van der Waals surface area contributed by atoms with E-state index in [0.29, 0.717) is 0 Å². The van der Waals surface area contributed by atoms with Gasteiger partial charge in [-0.25, -0.2) is 13.2 Å². The van der Waals surface area contributed by atoms with Gasteiger partial charge < -0.3 is 16.2 Å². The van der Waals surface area contributed by atoms with Crippen molar-refractivity contribution in [3.05, 3.63) is 28.8 Å². The number of carbonyl (C=O) groups is 2. The summed E-state index contributed by atoms with van der Waals surface area (Å²) in [7, 11) is -3.23. The van der Waals surface area contributed by atoms with Crippen LogP contribution in [0.15, 0.2) is 18.2 Å². The van der Waals surface area contributed by atoms with E-state index in [9.17, 15) is 18.0 Å². The Morgan fingerprint density at radius 1 is 1.43 bits per heavy atom. The van der Waals surface area contributed by atoms with E-state index in [-0.39, 0.29) is 28.4 Å². The van der Waals surface area contributed by atoms with Crippen LogP contribution in [-0.4, -0.2) is 43.5 Å². The number of carbonyl (C=O) groups excluding carboxylic acids is 1. The van der Waals surface area contributed by atoms with E-state index < -0.39 is 27.8 Å². The Morgan fingerprint density at radius 2 is 2.05 bits per heavy atom. The van der Waals surface area contributed by atoms with Crippen molar-refractivity contribution in [2.75, 3.05) is 17.3 Å². The molecule has 1 aromatic rings. The van der Waals surface area contributed by atoms with Crippen LogP contribution < -0.4 is 11.1 Å². The van der Waals surface area contributed by atoms with Gasteiger partial charge in [0, 0.05) is 11.3 Å². The topological polar surface area (TPSA) is 127 Å². The molecule has 1 rings (SSSR count). The van der Waals surface area contributed by atoms with Gasteiger partial charge in [0.15, 0.2) is 0 Å². The molecule has 7 nitrogen and oxygen atoms in total. The molecule has 0 bridgehead atoms. The first-order chi connectivity index (χ1) is 9.60. The summed E-state index contributed by atoms with van der Waals surface area (Å²) in [6.45, 7) is 0. The Hall–Kier alpha value is -1.64. The molecule has 9 heteroatoms. The van der Waals surface area contributed by atoms with Gasteiger partial charge in [-0.1, -0.05) is 11.6 Å². The van der Waals surface area contributed by atoms with E-state index in [1.54, 1.807) is 0 Å². The zero-order chi connectivity index (χ0) is 16.2. The van der Waals surface area contributed by atoms with E-state index in [4.69, 9.17) is 22.4 Å². The second-order valence-corrected chi connectivity index (χ2v) is 7.21. The fourth-order valence-corrected chi connectivity index (χ4v) is 2.36. The maximum absolute atomic E-state index is 11.8. The van der Waals surface area contributed by atoms with E-state index in [2.05, 4.69) is 5.32 Å². The summed E-state index contributed by atoms with van der Waals surface area (Å²) in [5.74, 6) is -2.14. The highest BCUT2D eigenvalue weighted by atomic mass is 35.5. The van der Waals surface area contributed by atoms with Crippen molar-refractivity contribution in [1.29, 1.82) is 0 Å². The van der Waals surface area contributed by atoms with E-state index in [0.717, 1.165) is 6.26 Å². The second kappa shape index (κ2) is 6.88. The maximum atomic E-state index is 11.8. The van der Waals surface area contributed by atoms with Gasteiger partial charge in [0.25, 0.3) is 0 Å². The molecule has 21 heavy (non-hydrogen) atoms. The Kier molecular flexibility index (Phi) is 5.70. The predicted molar refractivity (Wildman–Crippen MR) is 79.3 cm³/mol. The standard InChI is InChI=1S/C12H15ClN2O5S/c1-21(19,20)5-4-9(14)11(16)15-10-6-7(13)2-3-8(10)12(17)18/h2-3,6,9H,4-5,14H2,1H3,(H,15,16)(H,17,18). The highest BCUT2D eigenvalue weighted by molar-refractivity contribution is 7.90. The van der Waals surface area contributed by atoms with Crippen LogP contribution in [0.2, 0.25) is 5.02 Å². The molecule has 0 saturated carbocycles. The number of rotatable bonds is 6. The normalized spacial score (nSPS) is 12.7. The molecule has 0 aliphatic carbocycles. The summed E-state index contributed by atoms with van der Waals surface area (Å²) < 4.78 is 22.0. The summed E-state index contributed by atoms with van der Waals surface area (Å²) >= 11 is 5.75. The molecule has 0 saturated heterocycles. The maximum Gasteiger partial charge on any atom is 0.337 e. The Labute approximate surface area is 127 Å². The van der Waals surface area contributed by atoms with Gasteiger partial charge in [0.05, 0.1) is 23.0 Å². The van der Waals surface area contributed by atoms with Crippen molar-refractivity contribution in [3.63, 3.8) is 0 Å². The lowest BCUT2D eigenvalue weighted by atomic mass is 10.1. The number of benzene rings is 1. The average molecular weight is 335 g/mol. The molecule has 1 aromatic carbocycles. The molecular weight excluding hydrogens is 320 g/mol. The third-order valence-corrected chi connectivity index (χ3v) is 3.82. The smallest absolute Gasteiger partial charge is 0.337 e. The second-order valence-electron chi connectivity index (χ2n) is 4.51. The Morgan fingerprint density at radius 3 is 2.57 bits per heavy atom. The van der Waals surface area contributed by atoms with Crippen LogP contribution >= 0.6 is 11.6 Å². The third kappa shape index (κ3) is 5.70. The van der Waals surface area contributed by atoms with Crippen LogP contribution in [0.1, 0.15) is 16.8 Å². The first-order valence-electron chi connectivity index (χ1n) is 5.87. The van der Waals surface area contributed by atoms with Crippen LogP contribution in [-0.2, 0) is 14.6 Å². The number of anilines is 1. The first-order valence-corrected chi connectivity index (χ1v) is 8.31. The zero-order valence-electron chi connectivity index (χ0n) is 11.2. The minimum absolute atomic E-state index is 0.00908.